The zero-order chi connectivity index (χ0) is 7.28. The molecule has 0 aromatic carbocycles. The molecular formula is C7H16ClN. The summed E-state index contributed by atoms with van der Waals surface area (Å²) in [6.07, 6.45) is 0. The summed E-state index contributed by atoms with van der Waals surface area (Å²) in [6, 6.07) is 0. The third-order valence-electron chi connectivity index (χ3n) is 1.40. The molecule has 0 aromatic heterocycles. The van der Waals surface area contributed by atoms with Gasteiger partial charge in [-0.15, -0.1) is 11.6 Å². The van der Waals surface area contributed by atoms with Crippen molar-refractivity contribution in [2.45, 2.75) is 26.1 Å². The van der Waals surface area contributed by atoms with Crippen LogP contribution in [0.3, 0.4) is 0 Å². The van der Waals surface area contributed by atoms with Gasteiger partial charge in [-0.3, -0.25) is 0 Å². The molecule has 0 spiro atoms. The minimum absolute atomic E-state index is 0.282. The van der Waals surface area contributed by atoms with Gasteiger partial charge in [0.25, 0.3) is 0 Å². The van der Waals surface area contributed by atoms with E-state index in [1.807, 2.05) is 6.92 Å². The summed E-state index contributed by atoms with van der Waals surface area (Å²) < 4.78 is 0. The Morgan fingerprint density at radius 1 is 1.33 bits per heavy atom. The maximum absolute atomic E-state index is 5.79. The van der Waals surface area contributed by atoms with Crippen LogP contribution in [0.1, 0.15) is 20.8 Å². The Kier molecular flexibility index (Phi) is 5.21. The molecule has 0 rings (SSSR count). The highest BCUT2D eigenvalue weighted by molar-refractivity contribution is 6.20. The lowest BCUT2D eigenvalue weighted by Crippen LogP contribution is -2.28. The van der Waals surface area contributed by atoms with Crippen LogP contribution in [0.4, 0.5) is 0 Å². The van der Waals surface area contributed by atoms with Crippen LogP contribution in [-0.2, 0) is 0 Å². The Bertz CT molecular complexity index is 59.9. The van der Waals surface area contributed by atoms with Crippen molar-refractivity contribution in [3.05, 3.63) is 0 Å². The average molecular weight is 150 g/mol. The lowest BCUT2D eigenvalue weighted by atomic mass is 10.4. The fourth-order valence-corrected chi connectivity index (χ4v) is 1.03. The van der Waals surface area contributed by atoms with Crippen LogP contribution in [0.2, 0.25) is 0 Å². The second-order valence-electron chi connectivity index (χ2n) is 2.27. The van der Waals surface area contributed by atoms with Gasteiger partial charge in [-0.25, -0.2) is 0 Å². The topological polar surface area (TPSA) is 3.24 Å². The van der Waals surface area contributed by atoms with E-state index in [2.05, 4.69) is 18.7 Å². The molecule has 56 valence electrons. The van der Waals surface area contributed by atoms with Crippen molar-refractivity contribution >= 4 is 11.6 Å². The lowest BCUT2D eigenvalue weighted by molar-refractivity contribution is 0.307. The van der Waals surface area contributed by atoms with Crippen molar-refractivity contribution in [2.24, 2.45) is 0 Å². The molecule has 9 heavy (non-hydrogen) atoms. The number of halogens is 1. The molecule has 0 radical (unpaired) electrons. The fraction of sp³-hybridized carbons (Fsp3) is 1.00. The van der Waals surface area contributed by atoms with E-state index in [0.29, 0.717) is 0 Å². The maximum Gasteiger partial charge on any atom is 0.0435 e. The van der Waals surface area contributed by atoms with Gasteiger partial charge in [0.1, 0.15) is 0 Å². The number of alkyl halides is 1. The molecule has 2 heteroatoms. The predicted molar refractivity (Wildman–Crippen MR) is 43.1 cm³/mol. The second-order valence-corrected chi connectivity index (χ2v) is 3.01. The summed E-state index contributed by atoms with van der Waals surface area (Å²) in [5.41, 5.74) is 0. The Hall–Kier alpha value is 0.250. The quantitative estimate of drug-likeness (QED) is 0.553. The van der Waals surface area contributed by atoms with Crippen molar-refractivity contribution in [3.8, 4) is 0 Å². The Balaban J connectivity index is 3.31. The predicted octanol–water partition coefficient (Wildman–Crippen LogP) is 1.96. The molecule has 1 atom stereocenters. The Morgan fingerprint density at radius 3 is 1.89 bits per heavy atom. The molecule has 0 bridgehead atoms. The second kappa shape index (κ2) is 5.07. The first-order chi connectivity index (χ1) is 4.20. The van der Waals surface area contributed by atoms with E-state index in [4.69, 9.17) is 11.6 Å². The average Bonchev–Trinajstić information content (AvgIpc) is 1.82. The molecule has 0 amide bonds. The van der Waals surface area contributed by atoms with E-state index in [0.717, 1.165) is 19.6 Å². The molecule has 1 nitrogen and oxygen atoms in total. The molecular weight excluding hydrogens is 134 g/mol. The van der Waals surface area contributed by atoms with Crippen LogP contribution < -0.4 is 0 Å². The van der Waals surface area contributed by atoms with Gasteiger partial charge < -0.3 is 4.90 Å². The zero-order valence-electron chi connectivity index (χ0n) is 6.52. The van der Waals surface area contributed by atoms with Gasteiger partial charge in [0.2, 0.25) is 0 Å². The zero-order valence-corrected chi connectivity index (χ0v) is 7.28. The van der Waals surface area contributed by atoms with Gasteiger partial charge in [-0.05, 0) is 20.0 Å². The van der Waals surface area contributed by atoms with E-state index < -0.39 is 0 Å². The molecule has 0 heterocycles. The summed E-state index contributed by atoms with van der Waals surface area (Å²) in [5.74, 6) is 0. The van der Waals surface area contributed by atoms with Gasteiger partial charge in [-0.1, -0.05) is 13.8 Å². The monoisotopic (exact) mass is 149 g/mol. The van der Waals surface area contributed by atoms with Crippen molar-refractivity contribution in [3.63, 3.8) is 0 Å². The highest BCUT2D eigenvalue weighted by atomic mass is 35.5. The largest absolute Gasteiger partial charge is 0.302 e. The summed E-state index contributed by atoms with van der Waals surface area (Å²) >= 11 is 5.79. The van der Waals surface area contributed by atoms with Crippen LogP contribution in [0.25, 0.3) is 0 Å². The third kappa shape index (κ3) is 4.73. The molecule has 0 saturated heterocycles. The number of nitrogens with zero attached hydrogens (tertiary/aromatic N) is 1. The molecule has 0 fully saturated rings. The van der Waals surface area contributed by atoms with Gasteiger partial charge >= 0.3 is 0 Å². The number of hydrogen-bond acceptors (Lipinski definition) is 1. The number of hydrogen-bond donors (Lipinski definition) is 0. The summed E-state index contributed by atoms with van der Waals surface area (Å²) in [5, 5.41) is 0.282. The highest BCUT2D eigenvalue weighted by Gasteiger charge is 2.01. The normalized spacial score (nSPS) is 14.3. The molecule has 0 N–H and O–H groups in total. The van der Waals surface area contributed by atoms with Gasteiger partial charge in [0.15, 0.2) is 0 Å². The molecule has 1 unspecified atom stereocenters. The molecule has 0 saturated carbocycles. The third-order valence-corrected chi connectivity index (χ3v) is 1.54. The standard InChI is InChI=1S/C7H16ClN/c1-4-9(5-2)6-7(3)8/h7H,4-6H2,1-3H3. The Morgan fingerprint density at radius 2 is 1.78 bits per heavy atom. The van der Waals surface area contributed by atoms with Gasteiger partial charge in [0.05, 0.1) is 0 Å². The van der Waals surface area contributed by atoms with E-state index in [1.54, 1.807) is 0 Å². The Labute approximate surface area is 63.0 Å². The highest BCUT2D eigenvalue weighted by Crippen LogP contribution is 1.97. The first kappa shape index (κ1) is 9.25. The van der Waals surface area contributed by atoms with Crippen LogP contribution in [0.15, 0.2) is 0 Å². The molecule has 0 aliphatic heterocycles. The van der Waals surface area contributed by atoms with E-state index in [-0.39, 0.29) is 5.38 Å². The van der Waals surface area contributed by atoms with Crippen molar-refractivity contribution in [2.75, 3.05) is 19.6 Å². The van der Waals surface area contributed by atoms with Gasteiger partial charge in [-0.2, -0.15) is 0 Å². The molecule has 0 aliphatic carbocycles. The van der Waals surface area contributed by atoms with Crippen molar-refractivity contribution in [1.29, 1.82) is 0 Å². The van der Waals surface area contributed by atoms with Crippen molar-refractivity contribution < 1.29 is 0 Å². The smallest absolute Gasteiger partial charge is 0.0435 e. The van der Waals surface area contributed by atoms with E-state index in [9.17, 15) is 0 Å². The van der Waals surface area contributed by atoms with Crippen LogP contribution in [0, 0.1) is 0 Å². The van der Waals surface area contributed by atoms with E-state index >= 15 is 0 Å². The van der Waals surface area contributed by atoms with Crippen LogP contribution >= 0.6 is 11.6 Å². The maximum atomic E-state index is 5.79. The van der Waals surface area contributed by atoms with Crippen LogP contribution in [-0.4, -0.2) is 29.9 Å². The van der Waals surface area contributed by atoms with Crippen molar-refractivity contribution in [1.82, 2.24) is 4.90 Å². The summed E-state index contributed by atoms with van der Waals surface area (Å²) in [7, 11) is 0. The summed E-state index contributed by atoms with van der Waals surface area (Å²) in [4.78, 5) is 2.32. The number of rotatable bonds is 4. The van der Waals surface area contributed by atoms with Gasteiger partial charge in [0, 0.05) is 11.9 Å². The fourth-order valence-electron chi connectivity index (χ4n) is 0.838. The first-order valence-corrected chi connectivity index (χ1v) is 4.00. The van der Waals surface area contributed by atoms with Crippen LogP contribution in [0.5, 0.6) is 0 Å². The lowest BCUT2D eigenvalue weighted by Gasteiger charge is -2.18. The SMILES string of the molecule is CCN(CC)CC(C)Cl. The first-order valence-electron chi connectivity index (χ1n) is 3.57. The summed E-state index contributed by atoms with van der Waals surface area (Å²) in [6.45, 7) is 9.56. The minimum atomic E-state index is 0.282. The minimum Gasteiger partial charge on any atom is -0.302 e. The van der Waals surface area contributed by atoms with E-state index in [1.165, 1.54) is 0 Å². The molecule has 0 aliphatic rings. The molecule has 0 aromatic rings.